The molecular weight excluding hydrogens is 1200 g/mol. The van der Waals surface area contributed by atoms with Crippen LogP contribution in [0.3, 0.4) is 0 Å². The summed E-state index contributed by atoms with van der Waals surface area (Å²) in [6.07, 6.45) is -8.87. The van der Waals surface area contributed by atoms with Crippen molar-refractivity contribution in [1.29, 1.82) is 0 Å². The summed E-state index contributed by atoms with van der Waals surface area (Å²) >= 11 is 2.75. The lowest BCUT2D eigenvalue weighted by Gasteiger charge is -2.35. The lowest BCUT2D eigenvalue weighted by Crippen LogP contribution is -2.41. The molecule has 0 radical (unpaired) electrons. The molecule has 0 saturated carbocycles. The number of ether oxygens (including phenoxy) is 1. The third-order valence-electron chi connectivity index (χ3n) is 14.2. The van der Waals surface area contributed by atoms with E-state index in [1.165, 1.54) is 18.2 Å². The molecule has 5 aliphatic rings. The van der Waals surface area contributed by atoms with Crippen molar-refractivity contribution < 1.29 is 97.1 Å². The maximum Gasteiger partial charge on any atom is 0.416 e. The number of rotatable bonds is 13. The number of likely N-dealkylation sites (tertiary alicyclic amines) is 1. The van der Waals surface area contributed by atoms with E-state index in [9.17, 15) is 63.1 Å². The molecule has 3 atom stereocenters. The minimum absolute atomic E-state index is 0.00889. The summed E-state index contributed by atoms with van der Waals surface area (Å²) in [6.45, 7) is 17.3. The molecule has 5 aliphatic heterocycles. The van der Waals surface area contributed by atoms with Crippen LogP contribution in [0.2, 0.25) is 0 Å². The first-order chi connectivity index (χ1) is 39.5. The summed E-state index contributed by atoms with van der Waals surface area (Å²) in [6, 6.07) is 10.1. The third-order valence-corrected chi connectivity index (χ3v) is 14.9. The van der Waals surface area contributed by atoms with Crippen molar-refractivity contribution in [1.82, 2.24) is 15.5 Å². The van der Waals surface area contributed by atoms with Crippen molar-refractivity contribution in [3.05, 3.63) is 92.7 Å². The summed E-state index contributed by atoms with van der Waals surface area (Å²) in [5.74, 6) is -2.81. The monoisotopic (exact) mass is 1270 g/mol. The zero-order chi connectivity index (χ0) is 62.0. The van der Waals surface area contributed by atoms with Crippen molar-refractivity contribution in [2.24, 2.45) is 17.8 Å². The molecule has 84 heavy (non-hydrogen) atoms. The smallest absolute Gasteiger partial charge is 0.416 e. The van der Waals surface area contributed by atoms with Crippen molar-refractivity contribution in [2.75, 3.05) is 95.1 Å². The van der Waals surface area contributed by atoms with Gasteiger partial charge in [0.15, 0.2) is 0 Å². The Hall–Kier alpha value is -5.48. The molecule has 5 fully saturated rings. The van der Waals surface area contributed by atoms with Crippen molar-refractivity contribution in [3.63, 3.8) is 0 Å². The highest BCUT2D eigenvalue weighted by atomic mass is 79.9. The van der Waals surface area contributed by atoms with Gasteiger partial charge in [0.25, 0.3) is 0 Å². The number of carbonyl (C=O) groups excluding carboxylic acids is 4. The van der Waals surface area contributed by atoms with Gasteiger partial charge in [-0.15, -0.1) is 0 Å². The van der Waals surface area contributed by atoms with Crippen LogP contribution in [-0.4, -0.2) is 120 Å². The van der Waals surface area contributed by atoms with Gasteiger partial charge >= 0.3 is 42.5 Å². The number of anilines is 2. The number of alkyl halides is 9. The number of amides is 1. The van der Waals surface area contributed by atoms with Crippen LogP contribution in [0.25, 0.3) is 0 Å². The van der Waals surface area contributed by atoms with E-state index in [0.717, 1.165) is 74.3 Å². The minimum Gasteiger partial charge on any atom is -0.444 e. The summed E-state index contributed by atoms with van der Waals surface area (Å²) in [4.78, 5) is 80.9. The predicted molar refractivity (Wildman–Crippen MR) is 291 cm³/mol. The fourth-order valence-corrected chi connectivity index (χ4v) is 10.2. The molecule has 2 N–H and O–H groups in total. The fraction of sp³-hybridized carbons (Fsp3) is 0.614. The number of nitrogens with zero attached hydrogens (tertiary/aromatic N) is 3. The van der Waals surface area contributed by atoms with E-state index in [1.54, 1.807) is 52.5 Å². The second-order valence-electron chi connectivity index (χ2n) is 21.4. The SMILES string of the molecule is CCOOC(=O)C1CCN(c2cc(C(F)(F)F)ccc2C2CCN(C(=O)OC(C)(C)C)CC2)C1.CCOOC(=O)C1CCN(c2cc(C(F)(F)F)ccc2C2CCNCC2)C1.CCOOC(=O)C1CCNC1.Fc1cc(C(F)(F)F)ccc1Br. The highest BCUT2D eigenvalue weighted by molar-refractivity contribution is 9.10. The van der Waals surface area contributed by atoms with Crippen molar-refractivity contribution in [2.45, 2.75) is 122 Å². The molecule has 5 saturated heterocycles. The number of piperidine rings is 2. The lowest BCUT2D eigenvalue weighted by atomic mass is 9.87. The van der Waals surface area contributed by atoms with Crippen LogP contribution in [0.4, 0.5) is 60.1 Å². The average molecular weight is 1280 g/mol. The van der Waals surface area contributed by atoms with Crippen molar-refractivity contribution >= 4 is 51.3 Å². The number of carbonyl (C=O) groups is 4. The molecule has 0 bridgehead atoms. The molecule has 0 aliphatic carbocycles. The van der Waals surface area contributed by atoms with Crippen LogP contribution < -0.4 is 20.4 Å². The Bertz CT molecular complexity index is 2610. The van der Waals surface area contributed by atoms with Gasteiger partial charge in [0, 0.05) is 57.2 Å². The Morgan fingerprint density at radius 3 is 1.33 bits per heavy atom. The average Bonchev–Trinajstić information content (AvgIpc) is 4.46. The van der Waals surface area contributed by atoms with Gasteiger partial charge in [-0.3, -0.25) is 14.7 Å². The zero-order valence-corrected chi connectivity index (χ0v) is 49.3. The van der Waals surface area contributed by atoms with Crippen LogP contribution in [0.15, 0.2) is 59.1 Å². The van der Waals surface area contributed by atoms with E-state index in [2.05, 4.69) is 36.3 Å². The Morgan fingerprint density at radius 2 is 0.940 bits per heavy atom. The third kappa shape index (κ3) is 21.2. The van der Waals surface area contributed by atoms with Gasteiger partial charge in [-0.05, 0) is 187 Å². The maximum absolute atomic E-state index is 13.5. The minimum atomic E-state index is -4.48. The summed E-state index contributed by atoms with van der Waals surface area (Å²) in [7, 11) is 0. The summed E-state index contributed by atoms with van der Waals surface area (Å²) in [5, 5.41) is 6.36. The Kier molecular flexibility index (Phi) is 26.2. The van der Waals surface area contributed by atoms with Gasteiger partial charge in [-0.25, -0.2) is 23.6 Å². The lowest BCUT2D eigenvalue weighted by molar-refractivity contribution is -0.273. The van der Waals surface area contributed by atoms with Crippen LogP contribution in [0.5, 0.6) is 0 Å². The van der Waals surface area contributed by atoms with Crippen LogP contribution in [0, 0.1) is 23.6 Å². The summed E-state index contributed by atoms with van der Waals surface area (Å²) < 4.78 is 134. The molecule has 1 amide bonds. The number of nitrogens with one attached hydrogen (secondary N) is 2. The van der Waals surface area contributed by atoms with E-state index in [4.69, 9.17) is 24.3 Å². The molecule has 3 aromatic rings. The number of benzene rings is 3. The van der Waals surface area contributed by atoms with Gasteiger partial charge in [-0.2, -0.15) is 54.2 Å². The molecular formula is C57H74BrF10N5O11. The quantitative estimate of drug-likeness (QED) is 0.0942. The molecule has 3 aromatic carbocycles. The number of halogens is 11. The van der Waals surface area contributed by atoms with Crippen LogP contribution >= 0.6 is 15.9 Å². The van der Waals surface area contributed by atoms with Gasteiger partial charge < -0.3 is 30.1 Å². The second-order valence-corrected chi connectivity index (χ2v) is 22.3. The number of hydrogen-bond acceptors (Lipinski definition) is 15. The predicted octanol–water partition coefficient (Wildman–Crippen LogP) is 12.3. The largest absolute Gasteiger partial charge is 0.444 e. The maximum atomic E-state index is 13.5. The molecule has 8 rings (SSSR count). The van der Waals surface area contributed by atoms with Gasteiger partial charge in [0.05, 0.1) is 58.7 Å². The molecule has 3 unspecified atom stereocenters. The van der Waals surface area contributed by atoms with E-state index in [0.29, 0.717) is 89.0 Å². The van der Waals surface area contributed by atoms with Gasteiger partial charge in [0.1, 0.15) is 11.4 Å². The van der Waals surface area contributed by atoms with E-state index >= 15 is 0 Å². The molecule has 5 heterocycles. The Morgan fingerprint density at radius 1 is 0.536 bits per heavy atom. The first-order valence-corrected chi connectivity index (χ1v) is 28.7. The van der Waals surface area contributed by atoms with Gasteiger partial charge in [-0.1, -0.05) is 12.1 Å². The Balaban J connectivity index is 0.000000227. The second kappa shape index (κ2) is 31.8. The zero-order valence-electron chi connectivity index (χ0n) is 47.7. The van der Waals surface area contributed by atoms with Crippen molar-refractivity contribution in [3.8, 4) is 0 Å². The van der Waals surface area contributed by atoms with Crippen LogP contribution in [0.1, 0.15) is 126 Å². The Labute approximate surface area is 490 Å². The van der Waals surface area contributed by atoms with E-state index in [1.807, 2.05) is 9.80 Å². The van der Waals surface area contributed by atoms with Gasteiger partial charge in [0.2, 0.25) is 0 Å². The standard InChI is InChI=1S/C24H33F3N2O5.C19H25F3N2O3.C7H3BrF4.C7H13NO3/c1-5-32-34-21(30)17-10-13-29(15-17)20-14-18(24(25,26)27)6-7-19(20)16-8-11-28(12-9-16)22(31)33-23(2,3)4;1-2-26-27-18(25)14-7-10-24(12-14)17-11-15(19(20,21)22)3-4-16(17)13-5-8-23-9-6-13;8-5-2-1-4(3-6(5)9)7(10,11)12;1-2-10-11-7(9)6-3-4-8-5-6/h6-7,14,16-17H,5,8-13,15H2,1-4H3;3-4,11,13-14,23H,2,5-10,12H2,1H3;1-3H;6,8H,2-5H2,1H3. The topological polar surface area (TPSA) is 167 Å². The van der Waals surface area contributed by atoms with E-state index < -0.39 is 70.4 Å². The van der Waals surface area contributed by atoms with Crippen LogP contribution in [-0.2, 0) is 67.0 Å². The molecule has 0 aromatic heterocycles. The fourth-order valence-electron chi connectivity index (χ4n) is 9.94. The number of hydrogen-bond donors (Lipinski definition) is 2. The first kappa shape index (κ1) is 69.3. The normalized spacial score (nSPS) is 19.7. The molecule has 470 valence electrons. The highest BCUT2D eigenvalue weighted by Crippen LogP contribution is 2.43. The molecule has 0 spiro atoms. The molecule has 27 heteroatoms. The first-order valence-electron chi connectivity index (χ1n) is 27.9. The highest BCUT2D eigenvalue weighted by Gasteiger charge is 2.39. The molecule has 16 nitrogen and oxygen atoms in total. The summed E-state index contributed by atoms with van der Waals surface area (Å²) in [5.41, 5.74) is -0.152. The van der Waals surface area contributed by atoms with E-state index in [-0.39, 0.29) is 54.0 Å².